The molecule has 1 aliphatic carbocycles. The van der Waals surface area contributed by atoms with Gasteiger partial charge in [0.2, 0.25) is 5.95 Å². The van der Waals surface area contributed by atoms with Crippen molar-refractivity contribution in [2.75, 3.05) is 18.1 Å². The lowest BCUT2D eigenvalue weighted by Gasteiger charge is -2.07. The number of nitrogen functional groups attached to an aromatic ring is 2. The number of nitrogens with zero attached hydrogens (tertiary/aromatic N) is 3. The lowest BCUT2D eigenvalue weighted by Crippen LogP contribution is -2.06. The Hall–Kier alpha value is -2.37. The van der Waals surface area contributed by atoms with Gasteiger partial charge in [0.1, 0.15) is 0 Å². The molecule has 4 N–H and O–H groups in total. The summed E-state index contributed by atoms with van der Waals surface area (Å²) in [6, 6.07) is 5.97. The number of ether oxygens (including phenoxy) is 1. The summed E-state index contributed by atoms with van der Waals surface area (Å²) in [6.07, 6.45) is 4.42. The molecule has 2 atom stereocenters. The van der Waals surface area contributed by atoms with E-state index in [9.17, 15) is 0 Å². The molecular weight excluding hydrogens is 242 g/mol. The second kappa shape index (κ2) is 4.72. The molecule has 0 bridgehead atoms. The molecule has 0 aromatic carbocycles. The molecule has 19 heavy (non-hydrogen) atoms. The molecule has 0 amide bonds. The van der Waals surface area contributed by atoms with E-state index in [1.165, 1.54) is 6.20 Å². The summed E-state index contributed by atoms with van der Waals surface area (Å²) in [6.45, 7) is 0.596. The zero-order valence-electron chi connectivity index (χ0n) is 10.4. The molecule has 6 heteroatoms. The molecule has 2 aromatic rings. The first kappa shape index (κ1) is 11.7. The summed E-state index contributed by atoms with van der Waals surface area (Å²) in [5.74, 6) is 1.88. The number of aromatic nitrogens is 3. The van der Waals surface area contributed by atoms with Crippen LogP contribution in [0.1, 0.15) is 18.0 Å². The normalized spacial score (nSPS) is 21.1. The van der Waals surface area contributed by atoms with Gasteiger partial charge in [-0.2, -0.15) is 4.98 Å². The maximum absolute atomic E-state index is 5.71. The van der Waals surface area contributed by atoms with Crippen molar-refractivity contribution in [3.05, 3.63) is 36.3 Å². The van der Waals surface area contributed by atoms with Crippen LogP contribution in [0.5, 0.6) is 5.75 Å². The molecule has 1 fully saturated rings. The fourth-order valence-electron chi connectivity index (χ4n) is 2.10. The Morgan fingerprint density at radius 2 is 2.16 bits per heavy atom. The van der Waals surface area contributed by atoms with E-state index in [1.807, 2.05) is 24.4 Å². The highest BCUT2D eigenvalue weighted by molar-refractivity contribution is 5.46. The predicted octanol–water partition coefficient (Wildman–Crippen LogP) is 1.22. The average Bonchev–Trinajstić information content (AvgIpc) is 3.18. The van der Waals surface area contributed by atoms with E-state index >= 15 is 0 Å². The van der Waals surface area contributed by atoms with E-state index < -0.39 is 0 Å². The van der Waals surface area contributed by atoms with Crippen LogP contribution in [0.2, 0.25) is 0 Å². The van der Waals surface area contributed by atoms with Crippen LogP contribution >= 0.6 is 0 Å². The summed E-state index contributed by atoms with van der Waals surface area (Å²) in [5.41, 5.74) is 12.3. The first-order chi connectivity index (χ1) is 9.24. The average molecular weight is 257 g/mol. The monoisotopic (exact) mass is 257 g/mol. The number of anilines is 2. The standard InChI is InChI=1S/C13H15N5O/c14-12-11(6-17-13(15)18-12)19-7-8-5-9(8)10-3-1-2-4-16-10/h1-4,6,8-9H,5,7H2,(H4,14,15,17,18)/t8-,9+/m1/s1. The molecule has 2 heterocycles. The SMILES string of the molecule is Nc1ncc(OC[C@H]2C[C@@H]2c2ccccn2)c(N)n1. The minimum Gasteiger partial charge on any atom is -0.488 e. The third-order valence-corrected chi connectivity index (χ3v) is 3.24. The van der Waals surface area contributed by atoms with Gasteiger partial charge in [-0.15, -0.1) is 0 Å². The van der Waals surface area contributed by atoms with E-state index in [4.69, 9.17) is 16.2 Å². The molecule has 0 saturated heterocycles. The summed E-state index contributed by atoms with van der Waals surface area (Å²) < 4.78 is 5.63. The second-order valence-corrected chi connectivity index (χ2v) is 4.65. The highest BCUT2D eigenvalue weighted by atomic mass is 16.5. The summed E-state index contributed by atoms with van der Waals surface area (Å²) in [7, 11) is 0. The van der Waals surface area contributed by atoms with Crippen molar-refractivity contribution in [1.82, 2.24) is 15.0 Å². The minimum absolute atomic E-state index is 0.155. The third-order valence-electron chi connectivity index (χ3n) is 3.24. The Labute approximate surface area is 110 Å². The molecule has 0 spiro atoms. The van der Waals surface area contributed by atoms with Crippen molar-refractivity contribution in [2.24, 2.45) is 5.92 Å². The number of hydrogen-bond acceptors (Lipinski definition) is 6. The predicted molar refractivity (Wildman–Crippen MR) is 71.4 cm³/mol. The van der Waals surface area contributed by atoms with E-state index in [0.717, 1.165) is 12.1 Å². The number of rotatable bonds is 4. The molecule has 6 nitrogen and oxygen atoms in total. The Morgan fingerprint density at radius 1 is 1.26 bits per heavy atom. The van der Waals surface area contributed by atoms with Gasteiger partial charge in [0, 0.05) is 23.7 Å². The van der Waals surface area contributed by atoms with Gasteiger partial charge in [-0.3, -0.25) is 4.98 Å². The molecule has 1 saturated carbocycles. The molecule has 98 valence electrons. The fourth-order valence-corrected chi connectivity index (χ4v) is 2.10. The first-order valence-electron chi connectivity index (χ1n) is 6.16. The van der Waals surface area contributed by atoms with E-state index in [-0.39, 0.29) is 11.8 Å². The van der Waals surface area contributed by atoms with Gasteiger partial charge in [-0.25, -0.2) is 4.98 Å². The molecule has 2 aromatic heterocycles. The van der Waals surface area contributed by atoms with Gasteiger partial charge in [-0.1, -0.05) is 6.07 Å². The van der Waals surface area contributed by atoms with Gasteiger partial charge in [0.05, 0.1) is 12.8 Å². The zero-order valence-corrected chi connectivity index (χ0v) is 10.4. The van der Waals surface area contributed by atoms with Crippen LogP contribution in [0.3, 0.4) is 0 Å². The van der Waals surface area contributed by atoms with Crippen molar-refractivity contribution >= 4 is 11.8 Å². The van der Waals surface area contributed by atoms with E-state index in [1.54, 1.807) is 0 Å². The maximum atomic E-state index is 5.71. The molecule has 0 aliphatic heterocycles. The van der Waals surface area contributed by atoms with Crippen molar-refractivity contribution in [1.29, 1.82) is 0 Å². The number of hydrogen-bond donors (Lipinski definition) is 2. The van der Waals surface area contributed by atoms with Crippen LogP contribution in [0, 0.1) is 5.92 Å². The number of nitrogens with two attached hydrogens (primary N) is 2. The van der Waals surface area contributed by atoms with E-state index in [2.05, 4.69) is 15.0 Å². The maximum Gasteiger partial charge on any atom is 0.222 e. The highest BCUT2D eigenvalue weighted by Crippen LogP contribution is 2.46. The van der Waals surface area contributed by atoms with Gasteiger partial charge in [0.25, 0.3) is 0 Å². The zero-order chi connectivity index (χ0) is 13.2. The summed E-state index contributed by atoms with van der Waals surface area (Å²) in [5, 5.41) is 0. The minimum atomic E-state index is 0.155. The van der Waals surface area contributed by atoms with Crippen molar-refractivity contribution in [2.45, 2.75) is 12.3 Å². The first-order valence-corrected chi connectivity index (χ1v) is 6.16. The van der Waals surface area contributed by atoms with Crippen molar-refractivity contribution in [3.63, 3.8) is 0 Å². The van der Waals surface area contributed by atoms with Gasteiger partial charge in [-0.05, 0) is 18.6 Å². The van der Waals surface area contributed by atoms with E-state index in [0.29, 0.717) is 24.2 Å². The van der Waals surface area contributed by atoms with Crippen LogP contribution in [-0.2, 0) is 0 Å². The number of pyridine rings is 1. The van der Waals surface area contributed by atoms with Gasteiger partial charge >= 0.3 is 0 Å². The molecule has 3 rings (SSSR count). The van der Waals surface area contributed by atoms with Crippen LogP contribution in [-0.4, -0.2) is 21.6 Å². The quantitative estimate of drug-likeness (QED) is 0.854. The lowest BCUT2D eigenvalue weighted by molar-refractivity contribution is 0.296. The second-order valence-electron chi connectivity index (χ2n) is 4.65. The smallest absolute Gasteiger partial charge is 0.222 e. The molecule has 0 radical (unpaired) electrons. The summed E-state index contributed by atoms with van der Waals surface area (Å²) in [4.78, 5) is 12.1. The molecular formula is C13H15N5O. The Kier molecular flexibility index (Phi) is 2.91. The molecule has 0 unspecified atom stereocenters. The van der Waals surface area contributed by atoms with Crippen LogP contribution in [0.15, 0.2) is 30.6 Å². The Bertz CT molecular complexity index is 575. The Morgan fingerprint density at radius 3 is 2.89 bits per heavy atom. The summed E-state index contributed by atoms with van der Waals surface area (Å²) >= 11 is 0. The molecule has 1 aliphatic rings. The third kappa shape index (κ3) is 2.57. The highest BCUT2D eigenvalue weighted by Gasteiger charge is 2.39. The van der Waals surface area contributed by atoms with Crippen LogP contribution in [0.25, 0.3) is 0 Å². The van der Waals surface area contributed by atoms with Gasteiger partial charge in [0.15, 0.2) is 11.6 Å². The fraction of sp³-hybridized carbons (Fsp3) is 0.308. The lowest BCUT2D eigenvalue weighted by atomic mass is 10.2. The Balaban J connectivity index is 1.57. The van der Waals surface area contributed by atoms with Crippen LogP contribution < -0.4 is 16.2 Å². The van der Waals surface area contributed by atoms with Crippen LogP contribution in [0.4, 0.5) is 11.8 Å². The van der Waals surface area contributed by atoms with Crippen molar-refractivity contribution in [3.8, 4) is 5.75 Å². The van der Waals surface area contributed by atoms with Gasteiger partial charge < -0.3 is 16.2 Å². The topological polar surface area (TPSA) is 99.9 Å². The largest absolute Gasteiger partial charge is 0.488 e. The van der Waals surface area contributed by atoms with Crippen molar-refractivity contribution < 1.29 is 4.74 Å².